The van der Waals surface area contributed by atoms with Crippen LogP contribution in [0.1, 0.15) is 91.9 Å². The molecule has 0 unspecified atom stereocenters. The molecule has 0 aliphatic rings. The van der Waals surface area contributed by atoms with E-state index in [2.05, 4.69) is 27.7 Å². The average molecular weight is 290 g/mol. The molecule has 0 aromatic heterocycles. The topological polar surface area (TPSA) is 74.6 Å². The molecule has 0 saturated carbocycles. The largest absolute Gasteiger partial charge is 0.473 e. The first-order chi connectivity index (χ1) is 9.47. The van der Waals surface area contributed by atoms with E-state index in [0.29, 0.717) is 0 Å². The molecule has 0 rings (SSSR count). The van der Waals surface area contributed by atoms with Gasteiger partial charge >= 0.3 is 11.9 Å². The number of hydrogen-bond donors (Lipinski definition) is 2. The van der Waals surface area contributed by atoms with Crippen molar-refractivity contribution in [3.8, 4) is 0 Å². The monoisotopic (exact) mass is 290 g/mol. The highest BCUT2D eigenvalue weighted by molar-refractivity contribution is 6.27. The van der Waals surface area contributed by atoms with Gasteiger partial charge in [0.2, 0.25) is 0 Å². The van der Waals surface area contributed by atoms with Gasteiger partial charge in [0.25, 0.3) is 0 Å². The Morgan fingerprint density at radius 1 is 0.550 bits per heavy atom. The molecule has 122 valence electrons. The molecule has 0 aromatic carbocycles. The quantitative estimate of drug-likeness (QED) is 0.481. The van der Waals surface area contributed by atoms with Crippen molar-refractivity contribution >= 4 is 11.9 Å². The van der Waals surface area contributed by atoms with Crippen LogP contribution in [0.3, 0.4) is 0 Å². The molecule has 2 N–H and O–H groups in total. The summed E-state index contributed by atoms with van der Waals surface area (Å²) in [5, 5.41) is 14.8. The number of carboxylic acid groups (broad SMARTS) is 2. The second kappa shape index (κ2) is 23.1. The summed E-state index contributed by atoms with van der Waals surface area (Å²) >= 11 is 0. The first-order valence-corrected chi connectivity index (χ1v) is 7.93. The lowest BCUT2D eigenvalue weighted by molar-refractivity contribution is -0.159. The van der Waals surface area contributed by atoms with Crippen LogP contribution >= 0.6 is 0 Å². The fourth-order valence-electron chi connectivity index (χ4n) is 1.35. The Labute approximate surface area is 124 Å². The van der Waals surface area contributed by atoms with Gasteiger partial charge in [-0.1, -0.05) is 91.9 Å². The van der Waals surface area contributed by atoms with Crippen molar-refractivity contribution in [2.75, 3.05) is 0 Å². The summed E-state index contributed by atoms with van der Waals surface area (Å²) in [6.07, 6.45) is 14.0. The lowest BCUT2D eigenvalue weighted by Gasteiger charge is -1.90. The van der Waals surface area contributed by atoms with Crippen molar-refractivity contribution in [2.45, 2.75) is 91.9 Å². The maximum absolute atomic E-state index is 9.10. The third kappa shape index (κ3) is 36.0. The molecule has 0 spiro atoms. The molecule has 0 bridgehead atoms. The molecule has 0 amide bonds. The molecule has 0 aromatic rings. The van der Waals surface area contributed by atoms with Gasteiger partial charge in [-0.3, -0.25) is 0 Å². The smallest absolute Gasteiger partial charge is 0.414 e. The van der Waals surface area contributed by atoms with Gasteiger partial charge < -0.3 is 10.2 Å². The Morgan fingerprint density at radius 3 is 0.850 bits per heavy atom. The lowest BCUT2D eigenvalue weighted by Crippen LogP contribution is -2.09. The highest BCUT2D eigenvalue weighted by Crippen LogP contribution is 2.00. The molecule has 4 nitrogen and oxygen atoms in total. The van der Waals surface area contributed by atoms with Gasteiger partial charge in [-0.25, -0.2) is 9.59 Å². The van der Waals surface area contributed by atoms with Crippen LogP contribution in [-0.4, -0.2) is 22.2 Å². The highest BCUT2D eigenvalue weighted by atomic mass is 16.4. The zero-order chi connectivity index (χ0) is 16.2. The summed E-state index contributed by atoms with van der Waals surface area (Å²) in [5.41, 5.74) is 0. The molecule has 0 fully saturated rings. The third-order valence-electron chi connectivity index (χ3n) is 2.60. The predicted molar refractivity (Wildman–Crippen MR) is 84.1 cm³/mol. The van der Waals surface area contributed by atoms with Gasteiger partial charge in [0.05, 0.1) is 0 Å². The van der Waals surface area contributed by atoms with Crippen molar-refractivity contribution < 1.29 is 19.8 Å². The minimum atomic E-state index is -1.82. The van der Waals surface area contributed by atoms with Gasteiger partial charge in [0.15, 0.2) is 0 Å². The van der Waals surface area contributed by atoms with Crippen LogP contribution < -0.4 is 0 Å². The maximum atomic E-state index is 9.10. The second-order valence-electron chi connectivity index (χ2n) is 4.73. The molecule has 0 saturated heterocycles. The molecule has 4 heteroatoms. The van der Waals surface area contributed by atoms with E-state index in [1.165, 1.54) is 64.2 Å². The minimum absolute atomic E-state index is 1.36. The Bertz CT molecular complexity index is 173. The molecular weight excluding hydrogens is 256 g/mol. The van der Waals surface area contributed by atoms with Crippen molar-refractivity contribution in [3.63, 3.8) is 0 Å². The van der Waals surface area contributed by atoms with E-state index in [9.17, 15) is 0 Å². The summed E-state index contributed by atoms with van der Waals surface area (Å²) in [6, 6.07) is 0. The van der Waals surface area contributed by atoms with E-state index in [1.807, 2.05) is 0 Å². The normalized spacial score (nSPS) is 8.80. The van der Waals surface area contributed by atoms with Crippen LogP contribution in [0.4, 0.5) is 0 Å². The zero-order valence-corrected chi connectivity index (χ0v) is 13.8. The van der Waals surface area contributed by atoms with Crippen molar-refractivity contribution in [1.29, 1.82) is 0 Å². The van der Waals surface area contributed by atoms with Crippen molar-refractivity contribution in [1.82, 2.24) is 0 Å². The van der Waals surface area contributed by atoms with Gasteiger partial charge in [-0.15, -0.1) is 0 Å². The minimum Gasteiger partial charge on any atom is -0.473 e. The van der Waals surface area contributed by atoms with Crippen LogP contribution in [0.2, 0.25) is 0 Å². The fourth-order valence-corrected chi connectivity index (χ4v) is 1.35. The molecule has 20 heavy (non-hydrogen) atoms. The summed E-state index contributed by atoms with van der Waals surface area (Å²) in [7, 11) is 0. The maximum Gasteiger partial charge on any atom is 0.414 e. The Kier molecular flexibility index (Phi) is 27.7. The van der Waals surface area contributed by atoms with Crippen molar-refractivity contribution in [3.05, 3.63) is 0 Å². The van der Waals surface area contributed by atoms with Crippen LogP contribution in [0.25, 0.3) is 0 Å². The summed E-state index contributed by atoms with van der Waals surface area (Å²) < 4.78 is 0. The lowest BCUT2D eigenvalue weighted by atomic mass is 10.2. The zero-order valence-electron chi connectivity index (χ0n) is 13.8. The van der Waals surface area contributed by atoms with Crippen LogP contribution in [0.5, 0.6) is 0 Å². The number of hydrogen-bond acceptors (Lipinski definition) is 2. The van der Waals surface area contributed by atoms with Crippen LogP contribution in [-0.2, 0) is 9.59 Å². The van der Waals surface area contributed by atoms with E-state index >= 15 is 0 Å². The molecule has 0 atom stereocenters. The van der Waals surface area contributed by atoms with E-state index in [-0.39, 0.29) is 0 Å². The Balaban J connectivity index is -0.000000218. The summed E-state index contributed by atoms with van der Waals surface area (Å²) in [4.78, 5) is 18.2. The van der Waals surface area contributed by atoms with Gasteiger partial charge in [-0.05, 0) is 0 Å². The second-order valence-corrected chi connectivity index (χ2v) is 4.73. The number of rotatable bonds is 8. The molecule has 0 aliphatic heterocycles. The summed E-state index contributed by atoms with van der Waals surface area (Å²) in [6.45, 7) is 8.98. The first kappa shape index (κ1) is 24.0. The molecule has 0 radical (unpaired) electrons. The number of carbonyl (C=O) groups is 2. The van der Waals surface area contributed by atoms with Crippen LogP contribution in [0.15, 0.2) is 0 Å². The number of unbranched alkanes of at least 4 members (excludes halogenated alkanes) is 8. The highest BCUT2D eigenvalue weighted by Gasteiger charge is 2.04. The van der Waals surface area contributed by atoms with E-state index in [4.69, 9.17) is 19.8 Å². The third-order valence-corrected chi connectivity index (χ3v) is 2.60. The average Bonchev–Trinajstić information content (AvgIpc) is 2.41. The SMILES string of the molecule is CCCCCCC.CCCCCCC.O=C(O)C(=O)O. The van der Waals surface area contributed by atoms with Crippen molar-refractivity contribution in [2.24, 2.45) is 0 Å². The predicted octanol–water partition coefficient (Wildman–Crippen LogP) is 5.11. The standard InChI is InChI=1S/2C7H16.C2H2O4/c2*1-3-5-7-6-4-2;3-1(4)2(5)6/h2*3-7H2,1-2H3;(H,3,4)(H,5,6). The Hall–Kier alpha value is -1.06. The molecular formula is C16H34O4. The number of aliphatic carboxylic acids is 2. The molecule has 0 aliphatic carbocycles. The van der Waals surface area contributed by atoms with E-state index in [1.54, 1.807) is 0 Å². The fraction of sp³-hybridized carbons (Fsp3) is 0.875. The number of carboxylic acids is 2. The van der Waals surface area contributed by atoms with Gasteiger partial charge in [0.1, 0.15) is 0 Å². The summed E-state index contributed by atoms with van der Waals surface area (Å²) in [5.74, 6) is -3.65. The van der Waals surface area contributed by atoms with Gasteiger partial charge in [0, 0.05) is 0 Å². The van der Waals surface area contributed by atoms with E-state index < -0.39 is 11.9 Å². The molecule has 0 heterocycles. The van der Waals surface area contributed by atoms with Gasteiger partial charge in [-0.2, -0.15) is 0 Å². The Morgan fingerprint density at radius 2 is 0.750 bits per heavy atom. The van der Waals surface area contributed by atoms with E-state index in [0.717, 1.165) is 0 Å². The van der Waals surface area contributed by atoms with Crippen LogP contribution in [0, 0.1) is 0 Å². The first-order valence-electron chi connectivity index (χ1n) is 7.93.